The number of amides is 2. The summed E-state index contributed by atoms with van der Waals surface area (Å²) in [6.45, 7) is 8.34. The van der Waals surface area contributed by atoms with E-state index in [9.17, 15) is 45.7 Å². The van der Waals surface area contributed by atoms with Crippen molar-refractivity contribution in [3.8, 4) is 23.0 Å². The van der Waals surface area contributed by atoms with E-state index in [1.54, 1.807) is 104 Å². The van der Waals surface area contributed by atoms with Crippen LogP contribution in [0, 0.1) is 0 Å². The predicted molar refractivity (Wildman–Crippen MR) is 294 cm³/mol. The van der Waals surface area contributed by atoms with Crippen molar-refractivity contribution in [3.63, 3.8) is 0 Å². The van der Waals surface area contributed by atoms with Crippen LogP contribution in [-0.4, -0.2) is 93.8 Å². The SMILES string of the molecule is CCOc1ccc(NC(=O)c2cc3ccccc3c(N=Nc3c(S(=O)(=O)O)ccc(CC)c3Cl)c2O)cc1.CCOc1ccc(NC(=O)c2cc3ccccc3c(N=Nc3c(S(=O)(=O)[O-])ccc(CC)c3Cl)c2[O-])cc1.[Ca+2]. The number of halogens is 2. The number of rotatable bonds is 16. The molecular weight excluding hydrogens is 1100 g/mol. The molecule has 0 radical (unpaired) electrons. The first kappa shape index (κ1) is 59.5. The molecular formula is C54H46CaCl2N6O12S2. The molecule has 8 rings (SSSR count). The van der Waals surface area contributed by atoms with Gasteiger partial charge in [-0.3, -0.25) is 14.1 Å². The van der Waals surface area contributed by atoms with Crippen LogP contribution in [0.2, 0.25) is 10.0 Å². The van der Waals surface area contributed by atoms with Gasteiger partial charge in [-0.25, -0.2) is 8.42 Å². The molecule has 0 fully saturated rings. The molecule has 0 spiro atoms. The molecule has 0 aliphatic carbocycles. The summed E-state index contributed by atoms with van der Waals surface area (Å²) in [5, 5.41) is 47.9. The number of benzene rings is 8. The Morgan fingerprint density at radius 3 is 1.43 bits per heavy atom. The van der Waals surface area contributed by atoms with Gasteiger partial charge in [-0.1, -0.05) is 103 Å². The monoisotopic (exact) mass is 1140 g/mol. The Balaban J connectivity index is 0.000000246. The van der Waals surface area contributed by atoms with Gasteiger partial charge >= 0.3 is 37.7 Å². The Morgan fingerprint density at radius 1 is 0.571 bits per heavy atom. The number of hydrogen-bond donors (Lipinski definition) is 4. The van der Waals surface area contributed by atoms with E-state index in [2.05, 4.69) is 31.1 Å². The molecule has 77 heavy (non-hydrogen) atoms. The molecule has 8 aromatic rings. The number of hydrogen-bond acceptors (Lipinski definition) is 15. The number of fused-ring (bicyclic) bond motifs is 2. The third kappa shape index (κ3) is 14.1. The number of nitrogens with one attached hydrogen (secondary N) is 2. The fourth-order valence-corrected chi connectivity index (χ4v) is 9.71. The molecule has 0 unspecified atom stereocenters. The van der Waals surface area contributed by atoms with E-state index in [1.807, 2.05) is 20.8 Å². The molecule has 0 saturated heterocycles. The van der Waals surface area contributed by atoms with Gasteiger partial charge in [-0.05, 0) is 121 Å². The van der Waals surface area contributed by atoms with E-state index in [4.69, 9.17) is 32.7 Å². The molecule has 392 valence electrons. The summed E-state index contributed by atoms with van der Waals surface area (Å²) in [5.74, 6) is -1.18. The molecule has 0 aromatic heterocycles. The van der Waals surface area contributed by atoms with Crippen LogP contribution < -0.4 is 25.2 Å². The number of phenolic OH excluding ortho intramolecular Hbond substituents is 1. The van der Waals surface area contributed by atoms with E-state index in [0.717, 1.165) is 6.07 Å². The number of nitrogens with zero attached hydrogens (tertiary/aromatic N) is 4. The van der Waals surface area contributed by atoms with Crippen molar-refractivity contribution in [1.29, 1.82) is 0 Å². The third-order valence-corrected chi connectivity index (χ3v) is 14.0. The Labute approximate surface area is 483 Å². The minimum absolute atomic E-state index is 0. The van der Waals surface area contributed by atoms with Crippen LogP contribution >= 0.6 is 23.2 Å². The molecule has 0 aliphatic heterocycles. The summed E-state index contributed by atoms with van der Waals surface area (Å²) < 4.78 is 79.9. The maximum absolute atomic E-state index is 13.4. The smallest absolute Gasteiger partial charge is 0.870 e. The van der Waals surface area contributed by atoms with Gasteiger partial charge in [0.2, 0.25) is 0 Å². The van der Waals surface area contributed by atoms with Crippen molar-refractivity contribution in [3.05, 3.63) is 166 Å². The van der Waals surface area contributed by atoms with Crippen molar-refractivity contribution < 1.29 is 55.2 Å². The Morgan fingerprint density at radius 2 is 0.974 bits per heavy atom. The average Bonchev–Trinajstić information content (AvgIpc) is 3.41. The average molecular weight is 1150 g/mol. The van der Waals surface area contributed by atoms with Crippen molar-refractivity contribution in [2.45, 2.75) is 50.3 Å². The molecule has 0 heterocycles. The van der Waals surface area contributed by atoms with Crippen LogP contribution in [0.25, 0.3) is 21.5 Å². The second-order valence-electron chi connectivity index (χ2n) is 16.3. The van der Waals surface area contributed by atoms with Crippen molar-refractivity contribution in [2.75, 3.05) is 23.8 Å². The van der Waals surface area contributed by atoms with E-state index >= 15 is 0 Å². The van der Waals surface area contributed by atoms with Gasteiger partial charge in [0.05, 0.1) is 39.4 Å². The predicted octanol–water partition coefficient (Wildman–Crippen LogP) is 12.8. The summed E-state index contributed by atoms with van der Waals surface area (Å²) in [7, 11) is -9.62. The molecule has 2 amide bonds. The van der Waals surface area contributed by atoms with E-state index in [0.29, 0.717) is 81.6 Å². The number of azo groups is 2. The van der Waals surface area contributed by atoms with E-state index in [1.165, 1.54) is 30.3 Å². The van der Waals surface area contributed by atoms with Crippen LogP contribution in [0.3, 0.4) is 0 Å². The molecule has 8 aromatic carbocycles. The number of carbonyl (C=O) groups is 2. The maximum atomic E-state index is 13.4. The summed E-state index contributed by atoms with van der Waals surface area (Å²) >= 11 is 12.7. The number of anilines is 2. The van der Waals surface area contributed by atoms with Crippen molar-refractivity contribution in [1.82, 2.24) is 0 Å². The van der Waals surface area contributed by atoms with Gasteiger partial charge in [0.15, 0.2) is 5.75 Å². The third-order valence-electron chi connectivity index (χ3n) is 11.4. The van der Waals surface area contributed by atoms with Gasteiger partial charge < -0.3 is 34.9 Å². The summed E-state index contributed by atoms with van der Waals surface area (Å²) in [6.07, 6.45) is 0.917. The first-order valence-electron chi connectivity index (χ1n) is 23.2. The van der Waals surface area contributed by atoms with Gasteiger partial charge in [-0.15, -0.1) is 15.3 Å². The summed E-state index contributed by atoms with van der Waals surface area (Å²) in [5.41, 5.74) is 0.875. The maximum Gasteiger partial charge on any atom is 2.00 e. The molecule has 0 saturated carbocycles. The fourth-order valence-electron chi connectivity index (χ4n) is 7.69. The molecule has 4 N–H and O–H groups in total. The fraction of sp³-hybridized carbons (Fsp3) is 0.148. The van der Waals surface area contributed by atoms with Crippen molar-refractivity contribution >= 4 is 149 Å². The number of carbonyl (C=O) groups excluding carboxylic acids is 2. The van der Waals surface area contributed by atoms with Gasteiger partial charge in [-0.2, -0.15) is 13.5 Å². The zero-order chi connectivity index (χ0) is 54.9. The first-order chi connectivity index (χ1) is 36.3. The van der Waals surface area contributed by atoms with Crippen LogP contribution in [0.15, 0.2) is 164 Å². The number of ether oxygens (including phenoxy) is 2. The second kappa shape index (κ2) is 26.1. The number of phenols is 1. The Bertz CT molecular complexity index is 3560. The molecule has 0 atom stereocenters. The minimum Gasteiger partial charge on any atom is -0.870 e. The van der Waals surface area contributed by atoms with Gasteiger partial charge in [0.1, 0.15) is 43.6 Å². The standard InChI is InChI=1S/2C27H24ClN3O6S.Ca/c2*1-3-16-9-14-22(38(34,35)36)25(23(16)28)31-30-24-20-8-6-5-7-17(20)15-21(26(24)32)27(33)29-18-10-12-19(13-11-18)37-4-2;/h2*5-15,32H,3-4H2,1-2H3,(H,29,33)(H,34,35,36);/q;;+2/p-2. The normalized spacial score (nSPS) is 11.5. The number of aryl methyl sites for hydroxylation is 2. The van der Waals surface area contributed by atoms with Crippen LogP contribution in [-0.2, 0) is 33.1 Å². The molecule has 0 aliphatic rings. The van der Waals surface area contributed by atoms with Crippen LogP contribution in [0.4, 0.5) is 34.1 Å². The topological polar surface area (TPSA) is 281 Å². The van der Waals surface area contributed by atoms with Gasteiger partial charge in [0.25, 0.3) is 21.9 Å². The zero-order valence-corrected chi connectivity index (χ0v) is 46.9. The Hall–Kier alpha value is -6.72. The zero-order valence-electron chi connectivity index (χ0n) is 41.6. The van der Waals surface area contributed by atoms with Crippen LogP contribution in [0.5, 0.6) is 23.0 Å². The van der Waals surface area contributed by atoms with Gasteiger partial charge in [0, 0.05) is 27.7 Å². The number of aromatic hydroxyl groups is 1. The first-order valence-corrected chi connectivity index (χ1v) is 26.8. The largest absolute Gasteiger partial charge is 2.00 e. The Kier molecular flexibility index (Phi) is 20.2. The quantitative estimate of drug-likeness (QED) is 0.0399. The van der Waals surface area contributed by atoms with E-state index in [-0.39, 0.29) is 81.7 Å². The second-order valence-corrected chi connectivity index (χ2v) is 19.8. The summed E-state index contributed by atoms with van der Waals surface area (Å²) in [4.78, 5) is 25.0. The van der Waals surface area contributed by atoms with Crippen LogP contribution in [0.1, 0.15) is 59.5 Å². The van der Waals surface area contributed by atoms with Crippen molar-refractivity contribution in [2.24, 2.45) is 20.5 Å². The molecule has 23 heteroatoms. The molecule has 0 bridgehead atoms. The minimum atomic E-state index is -4.94. The molecule has 18 nitrogen and oxygen atoms in total. The van der Waals surface area contributed by atoms with E-state index < -0.39 is 53.3 Å². The summed E-state index contributed by atoms with van der Waals surface area (Å²) in [6, 6.07) is 35.2.